The monoisotopic (exact) mass is 224 g/mol. The Morgan fingerprint density at radius 2 is 1.62 bits per heavy atom. The molecule has 0 bridgehead atoms. The molecule has 0 fully saturated rings. The third-order valence-corrected chi connectivity index (χ3v) is 2.19. The van der Waals surface area contributed by atoms with Crippen LogP contribution in [0.5, 0.6) is 11.5 Å². The van der Waals surface area contributed by atoms with Crippen molar-refractivity contribution in [1.82, 2.24) is 0 Å². The van der Waals surface area contributed by atoms with Crippen LogP contribution in [0.4, 0.5) is 0 Å². The van der Waals surface area contributed by atoms with Crippen molar-refractivity contribution in [2.24, 2.45) is 0 Å². The fraction of sp³-hybridized carbons (Fsp3) is 0.417. The first-order valence-corrected chi connectivity index (χ1v) is 4.97. The Kier molecular flexibility index (Phi) is 4.17. The molecule has 1 aromatic carbocycles. The lowest BCUT2D eigenvalue weighted by molar-refractivity contribution is -0.145. The summed E-state index contributed by atoms with van der Waals surface area (Å²) in [5.41, 5.74) is 0.839. The van der Waals surface area contributed by atoms with Crippen molar-refractivity contribution in [2.75, 3.05) is 14.2 Å². The second kappa shape index (κ2) is 5.39. The van der Waals surface area contributed by atoms with Gasteiger partial charge in [0.05, 0.1) is 14.2 Å². The van der Waals surface area contributed by atoms with Gasteiger partial charge in [0.15, 0.2) is 0 Å². The predicted octanol–water partition coefficient (Wildman–Crippen LogP) is 2.33. The van der Waals surface area contributed by atoms with Gasteiger partial charge in [0.2, 0.25) is 0 Å². The van der Waals surface area contributed by atoms with E-state index in [1.54, 1.807) is 27.2 Å². The highest BCUT2D eigenvalue weighted by Crippen LogP contribution is 2.27. The molecular formula is C12H16O4. The largest absolute Gasteiger partial charge is 0.497 e. The topological polar surface area (TPSA) is 44.8 Å². The van der Waals surface area contributed by atoms with Gasteiger partial charge in [-0.2, -0.15) is 0 Å². The van der Waals surface area contributed by atoms with E-state index in [1.807, 2.05) is 12.1 Å². The van der Waals surface area contributed by atoms with E-state index in [0.29, 0.717) is 11.5 Å². The number of ether oxygens (including phenoxy) is 3. The van der Waals surface area contributed by atoms with Gasteiger partial charge in [0.25, 0.3) is 0 Å². The summed E-state index contributed by atoms with van der Waals surface area (Å²) < 4.78 is 15.3. The molecule has 0 aromatic heterocycles. The maximum atomic E-state index is 10.9. The number of rotatable bonds is 4. The zero-order valence-corrected chi connectivity index (χ0v) is 9.94. The first-order chi connectivity index (χ1) is 7.56. The lowest BCUT2D eigenvalue weighted by Gasteiger charge is -2.14. The lowest BCUT2D eigenvalue weighted by Crippen LogP contribution is -2.05. The Balaban J connectivity index is 2.97. The number of methoxy groups -OCH3 is 2. The standard InChI is InChI=1S/C12H16O4/c1-8(16-9(2)13)10-5-11(14-3)7-12(6-10)15-4/h5-8H,1-4H3. The maximum Gasteiger partial charge on any atom is 0.303 e. The molecule has 0 spiro atoms. The van der Waals surface area contributed by atoms with Crippen LogP contribution >= 0.6 is 0 Å². The summed E-state index contributed by atoms with van der Waals surface area (Å²) in [6.07, 6.45) is -0.318. The van der Waals surface area contributed by atoms with Crippen molar-refractivity contribution < 1.29 is 19.0 Å². The summed E-state index contributed by atoms with van der Waals surface area (Å²) in [7, 11) is 3.16. The van der Waals surface area contributed by atoms with E-state index >= 15 is 0 Å². The number of esters is 1. The smallest absolute Gasteiger partial charge is 0.303 e. The van der Waals surface area contributed by atoms with Gasteiger partial charge in [-0.15, -0.1) is 0 Å². The van der Waals surface area contributed by atoms with Gasteiger partial charge in [-0.3, -0.25) is 4.79 Å². The quantitative estimate of drug-likeness (QED) is 0.736. The highest BCUT2D eigenvalue weighted by atomic mass is 16.5. The molecule has 0 saturated carbocycles. The zero-order chi connectivity index (χ0) is 12.1. The van der Waals surface area contributed by atoms with Crippen molar-refractivity contribution in [3.8, 4) is 11.5 Å². The summed E-state index contributed by atoms with van der Waals surface area (Å²) in [4.78, 5) is 10.9. The minimum Gasteiger partial charge on any atom is -0.497 e. The molecule has 1 unspecified atom stereocenters. The van der Waals surface area contributed by atoms with E-state index in [4.69, 9.17) is 14.2 Å². The Labute approximate surface area is 95.1 Å². The van der Waals surface area contributed by atoms with E-state index in [-0.39, 0.29) is 12.1 Å². The zero-order valence-electron chi connectivity index (χ0n) is 9.94. The van der Waals surface area contributed by atoms with Crippen LogP contribution in [0.3, 0.4) is 0 Å². The van der Waals surface area contributed by atoms with Crippen LogP contribution in [-0.2, 0) is 9.53 Å². The second-order valence-electron chi connectivity index (χ2n) is 3.40. The Morgan fingerprint density at radius 3 is 2.00 bits per heavy atom. The average Bonchev–Trinajstić information content (AvgIpc) is 2.27. The number of hydrogen-bond donors (Lipinski definition) is 0. The normalized spacial score (nSPS) is 11.8. The number of carbonyl (C=O) groups excluding carboxylic acids is 1. The maximum absolute atomic E-state index is 10.9. The van der Waals surface area contributed by atoms with Crippen molar-refractivity contribution in [1.29, 1.82) is 0 Å². The second-order valence-corrected chi connectivity index (χ2v) is 3.40. The lowest BCUT2D eigenvalue weighted by atomic mass is 10.1. The molecule has 88 valence electrons. The summed E-state index contributed by atoms with van der Waals surface area (Å²) in [5.74, 6) is 1.04. The molecular weight excluding hydrogens is 208 g/mol. The predicted molar refractivity (Wildman–Crippen MR) is 59.7 cm³/mol. The molecule has 1 atom stereocenters. The number of carbonyl (C=O) groups is 1. The molecule has 4 heteroatoms. The Morgan fingerprint density at radius 1 is 1.12 bits per heavy atom. The van der Waals surface area contributed by atoms with Crippen LogP contribution in [0.25, 0.3) is 0 Å². The molecule has 16 heavy (non-hydrogen) atoms. The van der Waals surface area contributed by atoms with Gasteiger partial charge in [-0.05, 0) is 24.6 Å². The van der Waals surface area contributed by atoms with Crippen molar-refractivity contribution >= 4 is 5.97 Å². The van der Waals surface area contributed by atoms with E-state index < -0.39 is 0 Å². The van der Waals surface area contributed by atoms with Gasteiger partial charge < -0.3 is 14.2 Å². The third-order valence-electron chi connectivity index (χ3n) is 2.19. The molecule has 0 saturated heterocycles. The van der Waals surface area contributed by atoms with Gasteiger partial charge in [-0.1, -0.05) is 0 Å². The first-order valence-electron chi connectivity index (χ1n) is 4.97. The van der Waals surface area contributed by atoms with Crippen LogP contribution in [0, 0.1) is 0 Å². The number of benzene rings is 1. The molecule has 0 aliphatic carbocycles. The van der Waals surface area contributed by atoms with E-state index in [2.05, 4.69) is 0 Å². The SMILES string of the molecule is COc1cc(OC)cc(C(C)OC(C)=O)c1. The van der Waals surface area contributed by atoms with E-state index in [0.717, 1.165) is 5.56 Å². The summed E-state index contributed by atoms with van der Waals surface area (Å²) in [6.45, 7) is 3.18. The first kappa shape index (κ1) is 12.4. The Hall–Kier alpha value is -1.71. The van der Waals surface area contributed by atoms with Crippen LogP contribution < -0.4 is 9.47 Å². The molecule has 0 radical (unpaired) electrons. The summed E-state index contributed by atoms with van der Waals surface area (Å²) >= 11 is 0. The summed E-state index contributed by atoms with van der Waals surface area (Å²) in [5, 5.41) is 0. The molecule has 0 N–H and O–H groups in total. The highest BCUT2D eigenvalue weighted by molar-refractivity contribution is 5.66. The minimum absolute atomic E-state index is 0.311. The van der Waals surface area contributed by atoms with Crippen molar-refractivity contribution in [3.63, 3.8) is 0 Å². The fourth-order valence-corrected chi connectivity index (χ4v) is 1.38. The van der Waals surface area contributed by atoms with Crippen LogP contribution in [0.2, 0.25) is 0 Å². The molecule has 0 aliphatic rings. The molecule has 1 rings (SSSR count). The van der Waals surface area contributed by atoms with Crippen molar-refractivity contribution in [3.05, 3.63) is 23.8 Å². The van der Waals surface area contributed by atoms with Gasteiger partial charge in [0, 0.05) is 13.0 Å². The van der Waals surface area contributed by atoms with Crippen LogP contribution in [-0.4, -0.2) is 20.2 Å². The third kappa shape index (κ3) is 3.15. The van der Waals surface area contributed by atoms with Gasteiger partial charge in [-0.25, -0.2) is 0 Å². The van der Waals surface area contributed by atoms with Crippen LogP contribution in [0.1, 0.15) is 25.5 Å². The summed E-state index contributed by atoms with van der Waals surface area (Å²) in [6, 6.07) is 5.40. The van der Waals surface area contributed by atoms with E-state index in [9.17, 15) is 4.79 Å². The average molecular weight is 224 g/mol. The van der Waals surface area contributed by atoms with E-state index in [1.165, 1.54) is 6.92 Å². The molecule has 1 aromatic rings. The van der Waals surface area contributed by atoms with Crippen LogP contribution in [0.15, 0.2) is 18.2 Å². The minimum atomic E-state index is -0.318. The molecule has 0 amide bonds. The fourth-order valence-electron chi connectivity index (χ4n) is 1.38. The van der Waals surface area contributed by atoms with Gasteiger partial charge >= 0.3 is 5.97 Å². The molecule has 0 aliphatic heterocycles. The van der Waals surface area contributed by atoms with Crippen molar-refractivity contribution in [2.45, 2.75) is 20.0 Å². The molecule has 0 heterocycles. The highest BCUT2D eigenvalue weighted by Gasteiger charge is 2.11. The Bertz CT molecular complexity index is 351. The molecule has 4 nitrogen and oxygen atoms in total. The number of hydrogen-bond acceptors (Lipinski definition) is 4. The van der Waals surface area contributed by atoms with Gasteiger partial charge in [0.1, 0.15) is 17.6 Å².